The van der Waals surface area contributed by atoms with Crippen LogP contribution in [0, 0.1) is 5.92 Å². The molecule has 5 nitrogen and oxygen atoms in total. The Hall–Kier alpha value is -1.40. The number of nitrogens with two attached hydrogens (primary N) is 1. The summed E-state index contributed by atoms with van der Waals surface area (Å²) in [6.07, 6.45) is 4.00. The summed E-state index contributed by atoms with van der Waals surface area (Å²) in [6, 6.07) is -0.588. The van der Waals surface area contributed by atoms with Crippen molar-refractivity contribution in [2.75, 3.05) is 12.4 Å². The Morgan fingerprint density at radius 3 is 2.57 bits per heavy atom. The maximum atomic E-state index is 12.1. The number of anilines is 1. The molecule has 6 heteroatoms. The molecule has 1 aromatic heterocycles. The second kappa shape index (κ2) is 6.58. The number of carbonyl (C=O) groups is 2. The molecule has 1 atom stereocenters. The molecule has 1 aromatic rings. The number of methoxy groups -OCH3 is 1. The Balaban J connectivity index is 2.32. The zero-order valence-corrected chi connectivity index (χ0v) is 13.5. The summed E-state index contributed by atoms with van der Waals surface area (Å²) in [5.74, 6) is -0.599. The first-order valence-corrected chi connectivity index (χ1v) is 8.06. The Labute approximate surface area is 128 Å². The van der Waals surface area contributed by atoms with Gasteiger partial charge in [-0.25, -0.2) is 4.79 Å². The van der Waals surface area contributed by atoms with Crippen molar-refractivity contribution < 1.29 is 14.3 Å². The van der Waals surface area contributed by atoms with Gasteiger partial charge in [-0.1, -0.05) is 13.8 Å². The van der Waals surface area contributed by atoms with Gasteiger partial charge in [0.1, 0.15) is 5.00 Å². The molecule has 0 fully saturated rings. The normalized spacial score (nSPS) is 15.5. The molecule has 0 saturated heterocycles. The van der Waals surface area contributed by atoms with Crippen LogP contribution in [0.4, 0.5) is 5.00 Å². The molecule has 1 unspecified atom stereocenters. The van der Waals surface area contributed by atoms with Crippen LogP contribution in [0.15, 0.2) is 0 Å². The van der Waals surface area contributed by atoms with Crippen LogP contribution in [0.5, 0.6) is 0 Å². The summed E-state index contributed by atoms with van der Waals surface area (Å²) in [4.78, 5) is 25.4. The van der Waals surface area contributed by atoms with Gasteiger partial charge in [0.2, 0.25) is 5.91 Å². The van der Waals surface area contributed by atoms with Crippen LogP contribution >= 0.6 is 11.3 Å². The molecule has 0 aliphatic heterocycles. The van der Waals surface area contributed by atoms with Crippen molar-refractivity contribution in [2.45, 2.75) is 45.6 Å². The second-order valence-electron chi connectivity index (χ2n) is 5.67. The predicted molar refractivity (Wildman–Crippen MR) is 83.7 cm³/mol. The van der Waals surface area contributed by atoms with Crippen molar-refractivity contribution in [2.24, 2.45) is 11.7 Å². The van der Waals surface area contributed by atoms with E-state index in [1.165, 1.54) is 23.3 Å². The number of esters is 1. The minimum absolute atomic E-state index is 0.0427. The standard InChI is InChI=1S/C15H22N2O3S/c1-8(2)12(16)13(18)17-14-11(15(19)20-3)9-6-4-5-7-10(9)21-14/h8,12H,4-7,16H2,1-3H3,(H,17,18). The van der Waals surface area contributed by atoms with Gasteiger partial charge in [-0.2, -0.15) is 0 Å². The number of nitrogens with one attached hydrogen (secondary N) is 1. The molecular formula is C15H22N2O3S. The monoisotopic (exact) mass is 310 g/mol. The third kappa shape index (κ3) is 3.27. The minimum Gasteiger partial charge on any atom is -0.465 e. The van der Waals surface area contributed by atoms with E-state index in [1.54, 1.807) is 0 Å². The van der Waals surface area contributed by atoms with Gasteiger partial charge in [-0.05, 0) is 37.2 Å². The third-order valence-electron chi connectivity index (χ3n) is 3.82. The molecule has 1 aliphatic rings. The van der Waals surface area contributed by atoms with E-state index in [2.05, 4.69) is 5.32 Å². The summed E-state index contributed by atoms with van der Waals surface area (Å²) >= 11 is 1.47. The number of rotatable bonds is 4. The SMILES string of the molecule is COC(=O)c1c(NC(=O)C(N)C(C)C)sc2c1CCCC2. The minimum atomic E-state index is -0.588. The summed E-state index contributed by atoms with van der Waals surface area (Å²) in [6.45, 7) is 3.79. The molecule has 0 bridgehead atoms. The van der Waals surface area contributed by atoms with E-state index >= 15 is 0 Å². The molecule has 1 heterocycles. The fourth-order valence-electron chi connectivity index (χ4n) is 2.47. The zero-order chi connectivity index (χ0) is 15.6. The van der Waals surface area contributed by atoms with Gasteiger partial charge in [-0.15, -0.1) is 11.3 Å². The number of fused-ring (bicyclic) bond motifs is 1. The molecule has 3 N–H and O–H groups in total. The van der Waals surface area contributed by atoms with Crippen molar-refractivity contribution in [1.29, 1.82) is 0 Å². The fourth-order valence-corrected chi connectivity index (χ4v) is 3.75. The van der Waals surface area contributed by atoms with Crippen LogP contribution in [0.1, 0.15) is 47.5 Å². The van der Waals surface area contributed by atoms with Crippen molar-refractivity contribution >= 4 is 28.2 Å². The second-order valence-corrected chi connectivity index (χ2v) is 6.77. The molecule has 0 spiro atoms. The molecule has 0 saturated carbocycles. The van der Waals surface area contributed by atoms with Gasteiger partial charge in [0.05, 0.1) is 18.7 Å². The number of hydrogen-bond acceptors (Lipinski definition) is 5. The molecule has 2 rings (SSSR count). The first-order valence-electron chi connectivity index (χ1n) is 7.25. The van der Waals surface area contributed by atoms with Gasteiger partial charge in [0.15, 0.2) is 0 Å². The van der Waals surface area contributed by atoms with E-state index in [4.69, 9.17) is 10.5 Å². The van der Waals surface area contributed by atoms with Crippen molar-refractivity contribution in [3.05, 3.63) is 16.0 Å². The Morgan fingerprint density at radius 2 is 1.95 bits per heavy atom. The maximum absolute atomic E-state index is 12.1. The largest absolute Gasteiger partial charge is 0.465 e. The number of amides is 1. The Kier molecular flexibility index (Phi) is 5.00. The van der Waals surface area contributed by atoms with E-state index in [-0.39, 0.29) is 17.8 Å². The first kappa shape index (κ1) is 16.0. The highest BCUT2D eigenvalue weighted by Gasteiger charge is 2.28. The lowest BCUT2D eigenvalue weighted by molar-refractivity contribution is -0.118. The lowest BCUT2D eigenvalue weighted by atomic mass is 9.95. The Morgan fingerprint density at radius 1 is 1.29 bits per heavy atom. The highest BCUT2D eigenvalue weighted by atomic mass is 32.1. The number of carbonyl (C=O) groups excluding carboxylic acids is 2. The number of thiophene rings is 1. The lowest BCUT2D eigenvalue weighted by Crippen LogP contribution is -2.39. The highest BCUT2D eigenvalue weighted by Crippen LogP contribution is 2.38. The summed E-state index contributed by atoms with van der Waals surface area (Å²) in [5, 5.41) is 3.40. The fraction of sp³-hybridized carbons (Fsp3) is 0.600. The third-order valence-corrected chi connectivity index (χ3v) is 5.03. The van der Waals surface area contributed by atoms with E-state index in [0.717, 1.165) is 31.2 Å². The van der Waals surface area contributed by atoms with Gasteiger partial charge >= 0.3 is 5.97 Å². The summed E-state index contributed by atoms with van der Waals surface area (Å²) in [7, 11) is 1.36. The number of ether oxygens (including phenoxy) is 1. The van der Waals surface area contributed by atoms with Crippen LogP contribution in [0.3, 0.4) is 0 Å². The van der Waals surface area contributed by atoms with Crippen LogP contribution in [-0.2, 0) is 22.4 Å². The van der Waals surface area contributed by atoms with E-state index < -0.39 is 6.04 Å². The highest BCUT2D eigenvalue weighted by molar-refractivity contribution is 7.17. The van der Waals surface area contributed by atoms with E-state index in [0.29, 0.717) is 10.6 Å². The van der Waals surface area contributed by atoms with Gasteiger partial charge in [0.25, 0.3) is 0 Å². The summed E-state index contributed by atoms with van der Waals surface area (Å²) in [5.41, 5.74) is 7.41. The topological polar surface area (TPSA) is 81.4 Å². The average Bonchev–Trinajstić information content (AvgIpc) is 2.83. The van der Waals surface area contributed by atoms with Crippen LogP contribution in [0.25, 0.3) is 0 Å². The van der Waals surface area contributed by atoms with Crippen LogP contribution < -0.4 is 11.1 Å². The molecule has 1 amide bonds. The smallest absolute Gasteiger partial charge is 0.341 e. The van der Waals surface area contributed by atoms with Crippen LogP contribution in [0.2, 0.25) is 0 Å². The van der Waals surface area contributed by atoms with E-state index in [1.807, 2.05) is 13.8 Å². The average molecular weight is 310 g/mol. The molecule has 0 radical (unpaired) electrons. The quantitative estimate of drug-likeness (QED) is 0.836. The maximum Gasteiger partial charge on any atom is 0.341 e. The van der Waals surface area contributed by atoms with Gasteiger partial charge in [-0.3, -0.25) is 4.79 Å². The Bertz CT molecular complexity index is 551. The van der Waals surface area contributed by atoms with E-state index in [9.17, 15) is 9.59 Å². The van der Waals surface area contributed by atoms with Gasteiger partial charge < -0.3 is 15.8 Å². The molecular weight excluding hydrogens is 288 g/mol. The molecule has 21 heavy (non-hydrogen) atoms. The molecule has 116 valence electrons. The summed E-state index contributed by atoms with van der Waals surface area (Å²) < 4.78 is 4.88. The predicted octanol–water partition coefficient (Wildman–Crippen LogP) is 2.34. The zero-order valence-electron chi connectivity index (χ0n) is 12.7. The van der Waals surface area contributed by atoms with Crippen molar-refractivity contribution in [3.8, 4) is 0 Å². The molecule has 1 aliphatic carbocycles. The van der Waals surface area contributed by atoms with Gasteiger partial charge in [0, 0.05) is 4.88 Å². The first-order chi connectivity index (χ1) is 9.95. The number of hydrogen-bond donors (Lipinski definition) is 2. The van der Waals surface area contributed by atoms with Crippen LogP contribution in [-0.4, -0.2) is 25.0 Å². The van der Waals surface area contributed by atoms with Crippen molar-refractivity contribution in [3.63, 3.8) is 0 Å². The molecule has 0 aromatic carbocycles. The lowest BCUT2D eigenvalue weighted by Gasteiger charge is -2.15. The van der Waals surface area contributed by atoms with Crippen molar-refractivity contribution in [1.82, 2.24) is 0 Å². The number of aryl methyl sites for hydroxylation is 1.